The highest BCUT2D eigenvalue weighted by molar-refractivity contribution is 7.89. The fourth-order valence-electron chi connectivity index (χ4n) is 4.57. The smallest absolute Gasteiger partial charge is 0.253 e. The van der Waals surface area contributed by atoms with Crippen LogP contribution in [0, 0.1) is 11.8 Å². The minimum Gasteiger partial charge on any atom is -0.338 e. The highest BCUT2D eigenvalue weighted by Gasteiger charge is 2.33. The molecule has 4 rings (SSSR count). The maximum Gasteiger partial charge on any atom is 0.253 e. The Morgan fingerprint density at radius 3 is 2.73 bits per heavy atom. The number of hydrogen-bond acceptors (Lipinski definition) is 4. The average molecular weight is 448 g/mol. The van der Waals surface area contributed by atoms with Crippen molar-refractivity contribution in [3.63, 3.8) is 0 Å². The molecule has 2 aliphatic rings. The second kappa shape index (κ2) is 9.04. The molecule has 1 amide bonds. The predicted molar refractivity (Wildman–Crippen MR) is 116 cm³/mol. The summed E-state index contributed by atoms with van der Waals surface area (Å²) in [6, 6.07) is 8.01. The number of fused-ring (bicyclic) bond motifs is 1. The van der Waals surface area contributed by atoms with E-state index in [-0.39, 0.29) is 22.4 Å². The topological polar surface area (TPSA) is 79.4 Å². The molecule has 2 atom stereocenters. The van der Waals surface area contributed by atoms with Crippen molar-refractivity contribution in [3.8, 4) is 0 Å². The van der Waals surface area contributed by atoms with Crippen LogP contribution in [0.5, 0.6) is 0 Å². The molecule has 1 aliphatic carbocycles. The van der Waals surface area contributed by atoms with Crippen LogP contribution in [0.15, 0.2) is 47.6 Å². The monoisotopic (exact) mass is 447 g/mol. The van der Waals surface area contributed by atoms with Crippen molar-refractivity contribution in [1.29, 1.82) is 0 Å². The van der Waals surface area contributed by atoms with Gasteiger partial charge in [0, 0.05) is 37.6 Å². The number of rotatable bonds is 5. The van der Waals surface area contributed by atoms with Gasteiger partial charge in [-0.25, -0.2) is 13.1 Å². The van der Waals surface area contributed by atoms with Crippen LogP contribution in [0.4, 0.5) is 0 Å². The summed E-state index contributed by atoms with van der Waals surface area (Å²) in [6.07, 6.45) is 9.21. The van der Waals surface area contributed by atoms with Gasteiger partial charge in [-0.05, 0) is 54.5 Å². The first kappa shape index (κ1) is 21.3. The predicted octanol–water partition coefficient (Wildman–Crippen LogP) is 3.87. The Morgan fingerprint density at radius 1 is 1.17 bits per heavy atom. The number of carbonyl (C=O) groups excluding carboxylic acids is 1. The van der Waals surface area contributed by atoms with Gasteiger partial charge in [0.05, 0.1) is 5.02 Å². The van der Waals surface area contributed by atoms with Crippen LogP contribution < -0.4 is 4.72 Å². The van der Waals surface area contributed by atoms with E-state index in [2.05, 4.69) is 9.71 Å². The molecule has 6 nitrogen and oxygen atoms in total. The fourth-order valence-corrected chi connectivity index (χ4v) is 6.11. The largest absolute Gasteiger partial charge is 0.338 e. The number of likely N-dealkylation sites (tertiary alicyclic amines) is 1. The summed E-state index contributed by atoms with van der Waals surface area (Å²) in [5, 5.41) is 0.0937. The zero-order chi connectivity index (χ0) is 21.1. The van der Waals surface area contributed by atoms with Gasteiger partial charge in [-0.15, -0.1) is 0 Å². The number of amides is 1. The molecule has 0 spiro atoms. The first-order valence-corrected chi connectivity index (χ1v) is 12.3. The summed E-state index contributed by atoms with van der Waals surface area (Å²) in [4.78, 5) is 18.9. The van der Waals surface area contributed by atoms with Crippen molar-refractivity contribution in [2.24, 2.45) is 11.8 Å². The molecule has 1 saturated heterocycles. The molecule has 8 heteroatoms. The summed E-state index contributed by atoms with van der Waals surface area (Å²) in [6.45, 7) is 1.58. The molecule has 0 radical (unpaired) electrons. The Bertz CT molecular complexity index is 1010. The molecule has 2 aromatic rings. The number of carbonyl (C=O) groups is 1. The molecule has 1 aromatic heterocycles. The maximum atomic E-state index is 13.1. The van der Waals surface area contributed by atoms with Gasteiger partial charge in [0.1, 0.15) is 4.90 Å². The number of aromatic nitrogens is 1. The number of piperidine rings is 1. The van der Waals surface area contributed by atoms with Crippen LogP contribution in [0.25, 0.3) is 0 Å². The number of nitrogens with zero attached hydrogens (tertiary/aromatic N) is 2. The lowest BCUT2D eigenvalue weighted by Crippen LogP contribution is -2.44. The van der Waals surface area contributed by atoms with E-state index < -0.39 is 10.0 Å². The molecule has 30 heavy (non-hydrogen) atoms. The van der Waals surface area contributed by atoms with E-state index in [1.807, 2.05) is 4.90 Å². The van der Waals surface area contributed by atoms with Crippen LogP contribution in [-0.2, 0) is 16.6 Å². The Morgan fingerprint density at radius 2 is 1.97 bits per heavy atom. The minimum absolute atomic E-state index is 0.0774. The molecule has 0 bridgehead atoms. The zero-order valence-electron chi connectivity index (χ0n) is 16.8. The van der Waals surface area contributed by atoms with Gasteiger partial charge in [0.2, 0.25) is 10.0 Å². The van der Waals surface area contributed by atoms with Gasteiger partial charge in [0.15, 0.2) is 0 Å². The summed E-state index contributed by atoms with van der Waals surface area (Å²) < 4.78 is 28.2. The van der Waals surface area contributed by atoms with Crippen LogP contribution >= 0.6 is 11.6 Å². The Hall–Kier alpha value is -1.96. The lowest BCUT2D eigenvalue weighted by Gasteiger charge is -2.41. The van der Waals surface area contributed by atoms with Crippen molar-refractivity contribution in [3.05, 3.63) is 58.9 Å². The molecule has 160 valence electrons. The number of pyridine rings is 1. The molecule has 2 fully saturated rings. The van der Waals surface area contributed by atoms with Crippen molar-refractivity contribution in [2.45, 2.75) is 43.5 Å². The molecular weight excluding hydrogens is 422 g/mol. The molecular formula is C22H26ClN3O3S. The second-order valence-corrected chi connectivity index (χ2v) is 10.3. The zero-order valence-corrected chi connectivity index (χ0v) is 18.3. The quantitative estimate of drug-likeness (QED) is 0.754. The first-order chi connectivity index (χ1) is 14.4. The minimum atomic E-state index is -3.88. The van der Waals surface area contributed by atoms with Crippen LogP contribution in [0.3, 0.4) is 0 Å². The van der Waals surface area contributed by atoms with Crippen LogP contribution in [0.1, 0.15) is 48.0 Å². The Labute approximate surface area is 182 Å². The summed E-state index contributed by atoms with van der Waals surface area (Å²) in [7, 11) is -3.88. The standard InChI is InChI=1S/C22H26ClN3O3S/c23-20-8-7-18(22(27)26-11-9-17-5-1-2-6-19(17)15-26)12-21(20)30(28,29)25-14-16-4-3-10-24-13-16/h3-4,7-8,10,12-13,17,19,25H,1-2,5-6,9,11,14-15H2/t17-,19-/m0/s1. The summed E-state index contributed by atoms with van der Waals surface area (Å²) in [5.74, 6) is 1.16. The van der Waals surface area contributed by atoms with Gasteiger partial charge in [-0.2, -0.15) is 0 Å². The van der Waals surface area contributed by atoms with Gasteiger partial charge in [0.25, 0.3) is 5.91 Å². The maximum absolute atomic E-state index is 13.1. The van der Waals surface area contributed by atoms with Crippen LogP contribution in [0.2, 0.25) is 5.02 Å². The average Bonchev–Trinajstić information content (AvgIpc) is 2.78. The summed E-state index contributed by atoms with van der Waals surface area (Å²) in [5.41, 5.74) is 1.09. The number of halogens is 1. The van der Waals surface area contributed by atoms with E-state index in [4.69, 9.17) is 11.6 Å². The molecule has 0 unspecified atom stereocenters. The highest BCUT2D eigenvalue weighted by Crippen LogP contribution is 2.36. The van der Waals surface area contributed by atoms with E-state index in [0.717, 1.165) is 31.0 Å². The van der Waals surface area contributed by atoms with E-state index >= 15 is 0 Å². The van der Waals surface area contributed by atoms with Crippen molar-refractivity contribution < 1.29 is 13.2 Å². The lowest BCUT2D eigenvalue weighted by molar-refractivity contribution is 0.0520. The van der Waals surface area contributed by atoms with E-state index in [1.54, 1.807) is 30.6 Å². The third-order valence-corrected chi connectivity index (χ3v) is 8.12. The first-order valence-electron chi connectivity index (χ1n) is 10.4. The van der Waals surface area contributed by atoms with Crippen LogP contribution in [-0.4, -0.2) is 37.3 Å². The second-order valence-electron chi connectivity index (χ2n) is 8.18. The van der Waals surface area contributed by atoms with Gasteiger partial charge in [-0.1, -0.05) is 36.9 Å². The molecule has 1 N–H and O–H groups in total. The van der Waals surface area contributed by atoms with Crippen molar-refractivity contribution in [2.75, 3.05) is 13.1 Å². The molecule has 2 heterocycles. The SMILES string of the molecule is O=C(c1ccc(Cl)c(S(=O)(=O)NCc2cccnc2)c1)N1CC[C@@H]2CCCC[C@H]2C1. The number of hydrogen-bond donors (Lipinski definition) is 1. The normalized spacial score (nSPS) is 21.8. The van der Waals surface area contributed by atoms with E-state index in [1.165, 1.54) is 37.8 Å². The van der Waals surface area contributed by atoms with Crippen molar-refractivity contribution >= 4 is 27.5 Å². The third kappa shape index (κ3) is 4.68. The summed E-state index contributed by atoms with van der Waals surface area (Å²) >= 11 is 6.19. The van der Waals surface area contributed by atoms with E-state index in [9.17, 15) is 13.2 Å². The third-order valence-electron chi connectivity index (χ3n) is 6.24. The molecule has 1 aromatic carbocycles. The number of sulfonamides is 1. The number of nitrogens with one attached hydrogen (secondary N) is 1. The number of benzene rings is 1. The Kier molecular flexibility index (Phi) is 6.41. The molecule has 1 aliphatic heterocycles. The van der Waals surface area contributed by atoms with E-state index in [0.29, 0.717) is 11.5 Å². The highest BCUT2D eigenvalue weighted by atomic mass is 35.5. The molecule has 1 saturated carbocycles. The van der Waals surface area contributed by atoms with Gasteiger partial charge < -0.3 is 4.90 Å². The van der Waals surface area contributed by atoms with Gasteiger partial charge in [-0.3, -0.25) is 9.78 Å². The van der Waals surface area contributed by atoms with Crippen molar-refractivity contribution in [1.82, 2.24) is 14.6 Å². The fraction of sp³-hybridized carbons (Fsp3) is 0.455. The lowest BCUT2D eigenvalue weighted by atomic mass is 9.75. The van der Waals surface area contributed by atoms with Gasteiger partial charge >= 0.3 is 0 Å². The Balaban J connectivity index is 1.50.